The molecule has 2 aromatic rings. The number of rotatable bonds is 1. The molecule has 1 aromatic heterocycles. The van der Waals surface area contributed by atoms with Gasteiger partial charge >= 0.3 is 0 Å². The maximum absolute atomic E-state index is 12.5. The number of carbonyl (C=O) groups is 2. The van der Waals surface area contributed by atoms with Crippen LogP contribution < -0.4 is 5.32 Å². The maximum atomic E-state index is 12.5. The third-order valence-corrected chi connectivity index (χ3v) is 4.65. The Labute approximate surface area is 121 Å². The fraction of sp³-hybridized carbons (Fsp3) is 0.400. The summed E-state index contributed by atoms with van der Waals surface area (Å²) in [5.41, 5.74) is 1.14. The monoisotopic (exact) mass is 284 g/mol. The summed E-state index contributed by atoms with van der Waals surface area (Å²) in [5, 5.41) is 10.9. The number of hydrogen-bond acceptors (Lipinski definition) is 4. The largest absolute Gasteiger partial charge is 0.317 e. The average molecular weight is 284 g/mol. The number of nitrogens with one attached hydrogen (secondary N) is 2. The van der Waals surface area contributed by atoms with Crippen molar-refractivity contribution in [1.29, 1.82) is 0 Å². The van der Waals surface area contributed by atoms with Gasteiger partial charge in [-0.3, -0.25) is 19.6 Å². The summed E-state index contributed by atoms with van der Waals surface area (Å²) in [6, 6.07) is 5.34. The van der Waals surface area contributed by atoms with E-state index in [4.69, 9.17) is 0 Å². The Morgan fingerprint density at radius 2 is 2.10 bits per heavy atom. The lowest BCUT2D eigenvalue weighted by atomic mass is 9.71. The molecule has 2 aliphatic heterocycles. The average Bonchev–Trinajstić information content (AvgIpc) is 3.00. The molecule has 21 heavy (non-hydrogen) atoms. The second-order valence-corrected chi connectivity index (χ2v) is 5.90. The van der Waals surface area contributed by atoms with Crippen molar-refractivity contribution >= 4 is 22.7 Å². The van der Waals surface area contributed by atoms with Gasteiger partial charge in [0.2, 0.25) is 5.91 Å². The molecule has 0 atom stereocenters. The summed E-state index contributed by atoms with van der Waals surface area (Å²) in [6.07, 6.45) is 3.34. The highest BCUT2D eigenvalue weighted by Crippen LogP contribution is 2.40. The van der Waals surface area contributed by atoms with Gasteiger partial charge in [0.1, 0.15) is 0 Å². The molecular formula is C15H16N4O2. The zero-order valence-corrected chi connectivity index (χ0v) is 11.6. The van der Waals surface area contributed by atoms with E-state index in [1.54, 1.807) is 18.3 Å². The van der Waals surface area contributed by atoms with E-state index < -0.39 is 0 Å². The van der Waals surface area contributed by atoms with Crippen LogP contribution in [0.2, 0.25) is 0 Å². The van der Waals surface area contributed by atoms with Gasteiger partial charge in [-0.1, -0.05) is 0 Å². The molecule has 0 radical (unpaired) electrons. The Balaban J connectivity index is 1.57. The molecule has 2 N–H and O–H groups in total. The van der Waals surface area contributed by atoms with Crippen LogP contribution >= 0.6 is 0 Å². The minimum absolute atomic E-state index is 0.0127. The molecule has 2 saturated heterocycles. The minimum atomic E-state index is -0.291. The van der Waals surface area contributed by atoms with Crippen molar-refractivity contribution in [2.75, 3.05) is 19.6 Å². The van der Waals surface area contributed by atoms with Crippen molar-refractivity contribution in [1.82, 2.24) is 20.4 Å². The molecule has 6 heteroatoms. The quantitative estimate of drug-likeness (QED) is 0.603. The summed E-state index contributed by atoms with van der Waals surface area (Å²) in [4.78, 5) is 26.3. The molecule has 1 spiro atoms. The van der Waals surface area contributed by atoms with Crippen LogP contribution in [0.25, 0.3) is 10.9 Å². The summed E-state index contributed by atoms with van der Waals surface area (Å²) >= 11 is 0. The number of nitrogens with zero attached hydrogens (tertiary/aromatic N) is 2. The number of benzene rings is 1. The number of fused-ring (bicyclic) bond motifs is 1. The molecule has 2 fully saturated rings. The Morgan fingerprint density at radius 1 is 1.29 bits per heavy atom. The lowest BCUT2D eigenvalue weighted by Gasteiger charge is -2.49. The first-order chi connectivity index (χ1) is 10.2. The van der Waals surface area contributed by atoms with Crippen LogP contribution in [0.3, 0.4) is 0 Å². The van der Waals surface area contributed by atoms with E-state index in [1.807, 2.05) is 6.07 Å². The van der Waals surface area contributed by atoms with Crippen LogP contribution in [0.4, 0.5) is 0 Å². The molecule has 4 rings (SSSR count). The zero-order chi connectivity index (χ0) is 14.4. The second kappa shape index (κ2) is 4.39. The van der Waals surface area contributed by atoms with Gasteiger partial charge in [-0.15, -0.1) is 0 Å². The molecule has 6 nitrogen and oxygen atoms in total. The van der Waals surface area contributed by atoms with Crippen LogP contribution in [0.15, 0.2) is 24.4 Å². The number of piperidine rings is 1. The molecule has 3 heterocycles. The number of H-pyrrole nitrogens is 1. The van der Waals surface area contributed by atoms with Crippen molar-refractivity contribution in [3.63, 3.8) is 0 Å². The lowest BCUT2D eigenvalue weighted by Crippen LogP contribution is -2.65. The third kappa shape index (κ3) is 1.79. The topological polar surface area (TPSA) is 78.1 Å². The first-order valence-electron chi connectivity index (χ1n) is 7.20. The van der Waals surface area contributed by atoms with Gasteiger partial charge in [-0.05, 0) is 44.1 Å². The Kier molecular flexibility index (Phi) is 2.62. The Bertz CT molecular complexity index is 730. The van der Waals surface area contributed by atoms with Gasteiger partial charge in [-0.25, -0.2) is 0 Å². The van der Waals surface area contributed by atoms with Crippen molar-refractivity contribution < 1.29 is 9.59 Å². The van der Waals surface area contributed by atoms with E-state index in [-0.39, 0.29) is 17.2 Å². The molecule has 2 aliphatic rings. The highest BCUT2D eigenvalue weighted by atomic mass is 16.2. The van der Waals surface area contributed by atoms with Crippen LogP contribution in [0.5, 0.6) is 0 Å². The highest BCUT2D eigenvalue weighted by Gasteiger charge is 2.54. The smallest absolute Gasteiger partial charge is 0.260 e. The highest BCUT2D eigenvalue weighted by molar-refractivity contribution is 6.10. The van der Waals surface area contributed by atoms with Gasteiger partial charge in [0.05, 0.1) is 17.1 Å². The number of imide groups is 1. The first kappa shape index (κ1) is 12.5. The van der Waals surface area contributed by atoms with Gasteiger partial charge in [0.25, 0.3) is 5.91 Å². The molecule has 0 bridgehead atoms. The molecule has 0 unspecified atom stereocenters. The normalized spacial score (nSPS) is 20.8. The Morgan fingerprint density at radius 3 is 2.86 bits per heavy atom. The van der Waals surface area contributed by atoms with Crippen LogP contribution in [-0.2, 0) is 4.79 Å². The predicted molar refractivity (Wildman–Crippen MR) is 76.7 cm³/mol. The molecule has 2 amide bonds. The SMILES string of the molecule is O=C(c1ccc2[nH]ncc2c1)N1CC2(CCNCC2)C1=O. The van der Waals surface area contributed by atoms with E-state index in [2.05, 4.69) is 15.5 Å². The minimum Gasteiger partial charge on any atom is -0.317 e. The lowest BCUT2D eigenvalue weighted by molar-refractivity contribution is -0.157. The van der Waals surface area contributed by atoms with Crippen LogP contribution in [-0.4, -0.2) is 46.5 Å². The fourth-order valence-corrected chi connectivity index (χ4v) is 3.31. The number of hydrogen-bond donors (Lipinski definition) is 2. The van der Waals surface area contributed by atoms with E-state index in [9.17, 15) is 9.59 Å². The van der Waals surface area contributed by atoms with Crippen molar-refractivity contribution in [3.8, 4) is 0 Å². The van der Waals surface area contributed by atoms with E-state index in [1.165, 1.54) is 4.90 Å². The van der Waals surface area contributed by atoms with E-state index in [0.717, 1.165) is 36.8 Å². The predicted octanol–water partition coefficient (Wildman–Crippen LogP) is 0.915. The van der Waals surface area contributed by atoms with Gasteiger partial charge in [0.15, 0.2) is 0 Å². The van der Waals surface area contributed by atoms with Gasteiger partial charge in [-0.2, -0.15) is 5.10 Å². The third-order valence-electron chi connectivity index (χ3n) is 4.65. The Hall–Kier alpha value is -2.21. The zero-order valence-electron chi connectivity index (χ0n) is 11.6. The molecule has 1 aromatic carbocycles. The van der Waals surface area contributed by atoms with Gasteiger partial charge < -0.3 is 5.32 Å². The van der Waals surface area contributed by atoms with Crippen LogP contribution in [0, 0.1) is 5.41 Å². The molecule has 0 saturated carbocycles. The van der Waals surface area contributed by atoms with Crippen LogP contribution in [0.1, 0.15) is 23.2 Å². The number of aromatic nitrogens is 2. The van der Waals surface area contributed by atoms with E-state index in [0.29, 0.717) is 12.1 Å². The van der Waals surface area contributed by atoms with Gasteiger partial charge in [0, 0.05) is 17.5 Å². The van der Waals surface area contributed by atoms with Crippen molar-refractivity contribution in [2.45, 2.75) is 12.8 Å². The number of β-lactam (4-membered cyclic amide) rings is 1. The maximum Gasteiger partial charge on any atom is 0.260 e. The fourth-order valence-electron chi connectivity index (χ4n) is 3.31. The molecule has 0 aliphatic carbocycles. The summed E-state index contributed by atoms with van der Waals surface area (Å²) in [6.45, 7) is 2.26. The van der Waals surface area contributed by atoms with E-state index >= 15 is 0 Å². The summed E-state index contributed by atoms with van der Waals surface area (Å²) in [7, 11) is 0. The number of amides is 2. The standard InChI is InChI=1S/C15H16N4O2/c20-13(10-1-2-12-11(7-10)8-17-18-12)19-9-15(14(19)21)3-5-16-6-4-15/h1-2,7-8,16H,3-6,9H2,(H,17,18). The second-order valence-electron chi connectivity index (χ2n) is 5.90. The number of carbonyl (C=O) groups excluding carboxylic acids is 2. The summed E-state index contributed by atoms with van der Waals surface area (Å²) < 4.78 is 0. The molecular weight excluding hydrogens is 268 g/mol. The van der Waals surface area contributed by atoms with Crippen molar-refractivity contribution in [2.24, 2.45) is 5.41 Å². The summed E-state index contributed by atoms with van der Waals surface area (Å²) in [5.74, 6) is -0.214. The first-order valence-corrected chi connectivity index (χ1v) is 7.20. The molecule has 108 valence electrons. The van der Waals surface area contributed by atoms with Crippen molar-refractivity contribution in [3.05, 3.63) is 30.0 Å². The number of likely N-dealkylation sites (tertiary alicyclic amines) is 1. The number of aromatic amines is 1.